The molecule has 2 heteroatoms. The minimum atomic E-state index is 0.347. The van der Waals surface area contributed by atoms with Crippen molar-refractivity contribution in [3.8, 4) is 0 Å². The lowest BCUT2D eigenvalue weighted by molar-refractivity contribution is 0.732. The summed E-state index contributed by atoms with van der Waals surface area (Å²) < 4.78 is 0. The molecule has 0 bridgehead atoms. The molecule has 0 saturated carbocycles. The zero-order valence-corrected chi connectivity index (χ0v) is 9.62. The predicted molar refractivity (Wildman–Crippen MR) is 59.3 cm³/mol. The molecular weight excluding hydrogens is 150 g/mol. The maximum Gasteiger partial charge on any atom is 0.152 e. The van der Waals surface area contributed by atoms with Gasteiger partial charge < -0.3 is 0 Å². The van der Waals surface area contributed by atoms with E-state index in [4.69, 9.17) is 0 Å². The van der Waals surface area contributed by atoms with Gasteiger partial charge in [0.15, 0.2) is 7.00 Å². The Morgan fingerprint density at radius 3 is 2.00 bits per heavy atom. The zero-order valence-electron chi connectivity index (χ0n) is 8.72. The Labute approximate surface area is 74.1 Å². The van der Waals surface area contributed by atoms with Gasteiger partial charge in [-0.05, 0) is 12.1 Å². The normalized spacial score (nSPS) is 14.1. The summed E-state index contributed by atoms with van der Waals surface area (Å²) in [6, 6.07) is 0. The summed E-state index contributed by atoms with van der Waals surface area (Å²) >= 11 is 0. The van der Waals surface area contributed by atoms with Crippen LogP contribution in [0.3, 0.4) is 0 Å². The zero-order chi connectivity index (χ0) is 8.85. The van der Waals surface area contributed by atoms with Gasteiger partial charge in [-0.2, -0.15) is 0 Å². The summed E-state index contributed by atoms with van der Waals surface area (Å²) in [4.78, 5) is 0. The van der Waals surface area contributed by atoms with Crippen molar-refractivity contribution in [2.75, 3.05) is 12.8 Å². The number of rotatable bonds is 5. The van der Waals surface area contributed by atoms with Crippen molar-refractivity contribution in [2.24, 2.45) is 11.8 Å². The minimum Gasteiger partial charge on any atom is -0.148 e. The average molecular weight is 172 g/mol. The molecule has 0 rings (SSSR count). The fourth-order valence-corrected chi connectivity index (χ4v) is 3.58. The van der Waals surface area contributed by atoms with Gasteiger partial charge in [-0.25, -0.2) is 0 Å². The minimum absolute atomic E-state index is 0.347. The molecule has 0 aromatic rings. The fourth-order valence-electron chi connectivity index (χ4n) is 1.19. The van der Waals surface area contributed by atoms with Crippen LogP contribution in [0.2, 0.25) is 6.32 Å². The molecule has 11 heavy (non-hydrogen) atoms. The van der Waals surface area contributed by atoms with E-state index in [-0.39, 0.29) is 0 Å². The van der Waals surface area contributed by atoms with Gasteiger partial charge >= 0.3 is 0 Å². The Kier molecular flexibility index (Phi) is 6.33. The van der Waals surface area contributed by atoms with Gasteiger partial charge in [0.25, 0.3) is 0 Å². The Morgan fingerprint density at radius 1 is 1.09 bits per heavy atom. The van der Waals surface area contributed by atoms with Crippen LogP contribution in [0, 0.1) is 11.8 Å². The Bertz CT molecular complexity index is 91.6. The lowest BCUT2D eigenvalue weighted by atomic mass is 9.93. The smallest absolute Gasteiger partial charge is 0.148 e. The molecule has 0 nitrogen and oxygen atoms in total. The molecule has 0 spiro atoms. The van der Waals surface area contributed by atoms with Crippen molar-refractivity contribution in [1.29, 1.82) is 0 Å². The molecule has 66 valence electrons. The van der Waals surface area contributed by atoms with Gasteiger partial charge in [-0.3, -0.25) is 0 Å². The summed E-state index contributed by atoms with van der Waals surface area (Å²) in [5.74, 6) is 1.80. The largest absolute Gasteiger partial charge is 0.152 e. The van der Waals surface area contributed by atoms with Crippen LogP contribution in [0.1, 0.15) is 27.7 Å². The molecule has 0 aliphatic rings. The maximum atomic E-state index is 2.44. The van der Waals surface area contributed by atoms with E-state index >= 15 is 0 Å². The Morgan fingerprint density at radius 2 is 1.64 bits per heavy atom. The van der Waals surface area contributed by atoms with Crippen LogP contribution in [0.15, 0.2) is 0 Å². The van der Waals surface area contributed by atoms with Crippen LogP contribution in [0.25, 0.3) is 0 Å². The predicted octanol–water partition coefficient (Wildman–Crippen LogP) is 3.18. The van der Waals surface area contributed by atoms with Gasteiger partial charge in [-0.1, -0.05) is 46.6 Å². The third kappa shape index (κ3) is 8.40. The molecule has 0 aliphatic carbocycles. The summed E-state index contributed by atoms with van der Waals surface area (Å²) in [7, 11) is 0.347. The third-order valence-corrected chi connectivity index (χ3v) is 4.14. The van der Waals surface area contributed by atoms with E-state index in [1.54, 1.807) is 0 Å². The van der Waals surface area contributed by atoms with E-state index in [0.29, 0.717) is 7.80 Å². The van der Waals surface area contributed by atoms with E-state index in [1.165, 1.54) is 19.5 Å². The van der Waals surface area contributed by atoms with E-state index < -0.39 is 0 Å². The number of hydrogen-bond donors (Lipinski definition) is 0. The van der Waals surface area contributed by atoms with Crippen molar-refractivity contribution in [2.45, 2.75) is 34.0 Å². The highest BCUT2D eigenvalue weighted by atomic mass is 31.1. The highest BCUT2D eigenvalue weighted by Crippen LogP contribution is 2.32. The fraction of sp³-hybridized carbons (Fsp3) is 1.00. The molecule has 0 aromatic heterocycles. The molecule has 0 radical (unpaired) electrons. The summed E-state index contributed by atoms with van der Waals surface area (Å²) in [5.41, 5.74) is 0. The lowest BCUT2D eigenvalue weighted by Crippen LogP contribution is -2.01. The van der Waals surface area contributed by atoms with Crippen LogP contribution >= 0.6 is 7.80 Å². The van der Waals surface area contributed by atoms with E-state index in [0.717, 1.165) is 11.8 Å². The topological polar surface area (TPSA) is 0 Å². The first-order valence-electron chi connectivity index (χ1n) is 4.71. The van der Waals surface area contributed by atoms with Crippen LogP contribution < -0.4 is 0 Å². The Hall–Kier alpha value is 0.495. The highest BCUT2D eigenvalue weighted by molar-refractivity contribution is 7.85. The second-order valence-electron chi connectivity index (χ2n) is 4.34. The standard InChI is InChI=1S/C9H22BP/c1-8(2)6-10-11(5)7-9(3)4/h8-10H,6-7H2,1-5H3. The summed E-state index contributed by atoms with van der Waals surface area (Å²) in [6.45, 7) is 13.2. The van der Waals surface area contributed by atoms with Gasteiger partial charge in [0, 0.05) is 0 Å². The molecule has 0 amide bonds. The molecule has 0 fully saturated rings. The first-order valence-corrected chi connectivity index (χ1v) is 6.86. The van der Waals surface area contributed by atoms with Crippen molar-refractivity contribution in [3.05, 3.63) is 0 Å². The van der Waals surface area contributed by atoms with Crippen LogP contribution in [-0.4, -0.2) is 19.8 Å². The maximum absolute atomic E-state index is 2.44. The monoisotopic (exact) mass is 172 g/mol. The van der Waals surface area contributed by atoms with Crippen molar-refractivity contribution in [1.82, 2.24) is 0 Å². The molecule has 0 N–H and O–H groups in total. The second-order valence-corrected chi connectivity index (χ2v) is 6.86. The lowest BCUT2D eigenvalue weighted by Gasteiger charge is -2.14. The molecule has 0 saturated heterocycles. The molecule has 1 unspecified atom stereocenters. The third-order valence-electron chi connectivity index (χ3n) is 1.76. The molecule has 0 heterocycles. The van der Waals surface area contributed by atoms with Crippen molar-refractivity contribution < 1.29 is 0 Å². The molecule has 0 aliphatic heterocycles. The summed E-state index contributed by atoms with van der Waals surface area (Å²) in [6.07, 6.45) is 2.89. The van der Waals surface area contributed by atoms with Crippen molar-refractivity contribution >= 4 is 14.8 Å². The highest BCUT2D eigenvalue weighted by Gasteiger charge is 2.06. The van der Waals surface area contributed by atoms with Crippen LogP contribution in [0.5, 0.6) is 0 Å². The Balaban J connectivity index is 3.29. The van der Waals surface area contributed by atoms with Crippen molar-refractivity contribution in [3.63, 3.8) is 0 Å². The van der Waals surface area contributed by atoms with Crippen LogP contribution in [-0.2, 0) is 0 Å². The average Bonchev–Trinajstić information content (AvgIpc) is 1.82. The van der Waals surface area contributed by atoms with E-state index in [1.807, 2.05) is 0 Å². The van der Waals surface area contributed by atoms with Gasteiger partial charge in [0.2, 0.25) is 0 Å². The SMILES string of the molecule is CC(C)CBP(C)CC(C)C. The molecule has 1 atom stereocenters. The van der Waals surface area contributed by atoms with Gasteiger partial charge in [0.05, 0.1) is 0 Å². The second kappa shape index (κ2) is 6.06. The van der Waals surface area contributed by atoms with Crippen LogP contribution in [0.4, 0.5) is 0 Å². The molecular formula is C9H22BP. The summed E-state index contributed by atoms with van der Waals surface area (Å²) in [5, 5.41) is 0. The van der Waals surface area contributed by atoms with E-state index in [9.17, 15) is 0 Å². The quantitative estimate of drug-likeness (QED) is 0.441. The van der Waals surface area contributed by atoms with Gasteiger partial charge in [-0.15, -0.1) is 7.80 Å². The first kappa shape index (κ1) is 11.5. The molecule has 0 aromatic carbocycles. The van der Waals surface area contributed by atoms with E-state index in [2.05, 4.69) is 34.4 Å². The van der Waals surface area contributed by atoms with Gasteiger partial charge in [0.1, 0.15) is 0 Å². The number of hydrogen-bond acceptors (Lipinski definition) is 0. The first-order chi connectivity index (χ1) is 5.02.